The normalized spacial score (nSPS) is 11.8. The molecule has 1 amide bonds. The molecule has 0 bridgehead atoms. The minimum absolute atomic E-state index is 0.0653. The number of hydrogen-bond donors (Lipinski definition) is 1. The van der Waals surface area contributed by atoms with Crippen LogP contribution in [0.4, 0.5) is 0 Å². The van der Waals surface area contributed by atoms with Crippen LogP contribution in [0.25, 0.3) is 0 Å². The average Bonchev–Trinajstić information content (AvgIpc) is 2.51. The van der Waals surface area contributed by atoms with Gasteiger partial charge >= 0.3 is 5.97 Å². The molecule has 6 heteroatoms. The molecular weight excluding hydrogens is 288 g/mol. The molecule has 1 aromatic rings. The van der Waals surface area contributed by atoms with E-state index in [1.54, 1.807) is 11.9 Å². The van der Waals surface area contributed by atoms with Crippen LogP contribution in [0.1, 0.15) is 12.0 Å². The third kappa shape index (κ3) is 6.64. The Labute approximate surface area is 129 Å². The average molecular weight is 310 g/mol. The second-order valence-corrected chi connectivity index (χ2v) is 5.81. The lowest BCUT2D eigenvalue weighted by molar-refractivity contribution is -0.142. The van der Waals surface area contributed by atoms with Gasteiger partial charge in [0.25, 0.3) is 0 Å². The van der Waals surface area contributed by atoms with Gasteiger partial charge < -0.3 is 15.4 Å². The zero-order chi connectivity index (χ0) is 15.7. The van der Waals surface area contributed by atoms with Crippen molar-refractivity contribution >= 4 is 23.6 Å². The summed E-state index contributed by atoms with van der Waals surface area (Å²) in [4.78, 5) is 24.8. The summed E-state index contributed by atoms with van der Waals surface area (Å²) in [5, 5.41) is 0. The molecular formula is C15H22N2O3S. The van der Waals surface area contributed by atoms with E-state index < -0.39 is 12.0 Å². The predicted octanol–water partition coefficient (Wildman–Crippen LogP) is 1.27. The number of benzene rings is 1. The summed E-state index contributed by atoms with van der Waals surface area (Å²) in [6.45, 7) is 0.599. The quantitative estimate of drug-likeness (QED) is 0.578. The number of esters is 1. The standard InChI is InChI=1S/C15H22N2O3S/c1-17(10-12-6-4-3-5-7-12)14(18)11-21-9-8-13(16)15(19)20-2/h3-7,13H,8-11,16H2,1-2H3. The van der Waals surface area contributed by atoms with Crippen molar-refractivity contribution < 1.29 is 14.3 Å². The molecule has 1 atom stereocenters. The molecule has 116 valence electrons. The number of methoxy groups -OCH3 is 1. The summed E-state index contributed by atoms with van der Waals surface area (Å²) in [5.74, 6) is 0.692. The number of carbonyl (C=O) groups excluding carboxylic acids is 2. The van der Waals surface area contributed by atoms with Gasteiger partial charge in [-0.3, -0.25) is 9.59 Å². The van der Waals surface area contributed by atoms with Crippen LogP contribution in [0, 0.1) is 0 Å². The number of rotatable bonds is 8. The first kappa shape index (κ1) is 17.5. The summed E-state index contributed by atoms with van der Waals surface area (Å²) in [6.07, 6.45) is 0.507. The molecule has 5 nitrogen and oxygen atoms in total. The van der Waals surface area contributed by atoms with E-state index in [0.717, 1.165) is 5.56 Å². The van der Waals surface area contributed by atoms with E-state index in [-0.39, 0.29) is 5.91 Å². The molecule has 0 aliphatic carbocycles. The topological polar surface area (TPSA) is 72.6 Å². The van der Waals surface area contributed by atoms with Crippen molar-refractivity contribution in [2.24, 2.45) is 5.73 Å². The number of amides is 1. The predicted molar refractivity (Wildman–Crippen MR) is 84.8 cm³/mol. The van der Waals surface area contributed by atoms with Crippen LogP contribution in [-0.2, 0) is 20.9 Å². The molecule has 0 fully saturated rings. The number of nitrogens with zero attached hydrogens (tertiary/aromatic N) is 1. The second kappa shape index (κ2) is 9.41. The van der Waals surface area contributed by atoms with Crippen LogP contribution in [0.5, 0.6) is 0 Å². The van der Waals surface area contributed by atoms with Gasteiger partial charge in [0, 0.05) is 13.6 Å². The van der Waals surface area contributed by atoms with Crippen molar-refractivity contribution in [2.75, 3.05) is 25.7 Å². The molecule has 0 spiro atoms. The number of ether oxygens (including phenoxy) is 1. The molecule has 0 heterocycles. The maximum absolute atomic E-state index is 12.0. The molecule has 0 radical (unpaired) electrons. The van der Waals surface area contributed by atoms with Crippen molar-refractivity contribution in [1.29, 1.82) is 0 Å². The Morgan fingerprint density at radius 3 is 2.62 bits per heavy atom. The lowest BCUT2D eigenvalue weighted by Crippen LogP contribution is -2.32. The molecule has 0 aliphatic heterocycles. The molecule has 1 unspecified atom stereocenters. The Morgan fingerprint density at radius 1 is 1.33 bits per heavy atom. The van der Waals surface area contributed by atoms with Gasteiger partial charge in [-0.15, -0.1) is 0 Å². The highest BCUT2D eigenvalue weighted by Crippen LogP contribution is 2.08. The van der Waals surface area contributed by atoms with Crippen molar-refractivity contribution in [2.45, 2.75) is 19.0 Å². The zero-order valence-corrected chi connectivity index (χ0v) is 13.3. The van der Waals surface area contributed by atoms with Crippen LogP contribution >= 0.6 is 11.8 Å². The highest BCUT2D eigenvalue weighted by molar-refractivity contribution is 7.99. The van der Waals surface area contributed by atoms with E-state index in [9.17, 15) is 9.59 Å². The van der Waals surface area contributed by atoms with Crippen LogP contribution in [0.15, 0.2) is 30.3 Å². The van der Waals surface area contributed by atoms with E-state index in [2.05, 4.69) is 4.74 Å². The Bertz CT molecular complexity index is 453. The SMILES string of the molecule is COC(=O)C(N)CCSCC(=O)N(C)Cc1ccccc1. The van der Waals surface area contributed by atoms with Crippen molar-refractivity contribution in [3.05, 3.63) is 35.9 Å². The van der Waals surface area contributed by atoms with E-state index in [4.69, 9.17) is 5.73 Å². The summed E-state index contributed by atoms with van der Waals surface area (Å²) in [5.41, 5.74) is 6.73. The summed E-state index contributed by atoms with van der Waals surface area (Å²) < 4.78 is 4.55. The van der Waals surface area contributed by atoms with Gasteiger partial charge in [0.2, 0.25) is 5.91 Å². The summed E-state index contributed by atoms with van der Waals surface area (Å²) in [7, 11) is 3.10. The first-order chi connectivity index (χ1) is 10.0. The Hall–Kier alpha value is -1.53. The van der Waals surface area contributed by atoms with Crippen molar-refractivity contribution in [3.63, 3.8) is 0 Å². The number of carbonyl (C=O) groups is 2. The lowest BCUT2D eigenvalue weighted by Gasteiger charge is -2.17. The maximum Gasteiger partial charge on any atom is 0.322 e. The first-order valence-electron chi connectivity index (χ1n) is 6.73. The molecule has 2 N–H and O–H groups in total. The fourth-order valence-electron chi connectivity index (χ4n) is 1.69. The smallest absolute Gasteiger partial charge is 0.322 e. The largest absolute Gasteiger partial charge is 0.468 e. The Morgan fingerprint density at radius 2 is 2.00 bits per heavy atom. The monoisotopic (exact) mass is 310 g/mol. The van der Waals surface area contributed by atoms with E-state index >= 15 is 0 Å². The van der Waals surface area contributed by atoms with Gasteiger partial charge in [-0.1, -0.05) is 30.3 Å². The molecule has 0 aliphatic rings. The van der Waals surface area contributed by atoms with Crippen LogP contribution in [-0.4, -0.2) is 48.5 Å². The number of thioether (sulfide) groups is 1. The van der Waals surface area contributed by atoms with Crippen LogP contribution < -0.4 is 5.73 Å². The minimum atomic E-state index is -0.611. The van der Waals surface area contributed by atoms with Gasteiger partial charge in [0.05, 0.1) is 12.9 Å². The van der Waals surface area contributed by atoms with Crippen LogP contribution in [0.2, 0.25) is 0 Å². The lowest BCUT2D eigenvalue weighted by atomic mass is 10.2. The highest BCUT2D eigenvalue weighted by Gasteiger charge is 2.14. The van der Waals surface area contributed by atoms with Gasteiger partial charge in [-0.25, -0.2) is 0 Å². The Balaban J connectivity index is 2.23. The Kier molecular flexibility index (Phi) is 7.85. The highest BCUT2D eigenvalue weighted by atomic mass is 32.2. The van der Waals surface area contributed by atoms with E-state index in [1.807, 2.05) is 30.3 Å². The second-order valence-electron chi connectivity index (χ2n) is 4.71. The van der Waals surface area contributed by atoms with E-state index in [0.29, 0.717) is 24.5 Å². The zero-order valence-electron chi connectivity index (χ0n) is 12.5. The number of hydrogen-bond acceptors (Lipinski definition) is 5. The molecule has 0 saturated heterocycles. The van der Waals surface area contributed by atoms with Crippen molar-refractivity contribution in [3.8, 4) is 0 Å². The molecule has 1 rings (SSSR count). The van der Waals surface area contributed by atoms with Gasteiger partial charge in [-0.05, 0) is 17.7 Å². The summed E-state index contributed by atoms with van der Waals surface area (Å²) in [6, 6.07) is 9.23. The van der Waals surface area contributed by atoms with Crippen molar-refractivity contribution in [1.82, 2.24) is 4.90 Å². The molecule has 0 saturated carbocycles. The van der Waals surface area contributed by atoms with Gasteiger partial charge in [0.1, 0.15) is 6.04 Å². The fraction of sp³-hybridized carbons (Fsp3) is 0.467. The molecule has 0 aromatic heterocycles. The summed E-state index contributed by atoms with van der Waals surface area (Å²) >= 11 is 1.48. The number of nitrogens with two attached hydrogens (primary N) is 1. The van der Waals surface area contributed by atoms with Gasteiger partial charge in [-0.2, -0.15) is 11.8 Å². The maximum atomic E-state index is 12.0. The van der Waals surface area contributed by atoms with E-state index in [1.165, 1.54) is 18.9 Å². The molecule has 1 aromatic carbocycles. The fourth-order valence-corrected chi connectivity index (χ4v) is 2.65. The molecule has 21 heavy (non-hydrogen) atoms. The van der Waals surface area contributed by atoms with Gasteiger partial charge in [0.15, 0.2) is 0 Å². The third-order valence-electron chi connectivity index (χ3n) is 2.99. The van der Waals surface area contributed by atoms with Crippen LogP contribution in [0.3, 0.4) is 0 Å². The first-order valence-corrected chi connectivity index (χ1v) is 7.89. The third-order valence-corrected chi connectivity index (χ3v) is 3.97. The minimum Gasteiger partial charge on any atom is -0.468 e.